The van der Waals surface area contributed by atoms with Crippen molar-refractivity contribution in [3.8, 4) is 0 Å². The highest BCUT2D eigenvalue weighted by atomic mass is 16.1. The maximum absolute atomic E-state index is 12.7. The summed E-state index contributed by atoms with van der Waals surface area (Å²) in [5, 5.41) is 7.33. The van der Waals surface area contributed by atoms with Crippen molar-refractivity contribution >= 4 is 5.91 Å². The van der Waals surface area contributed by atoms with Gasteiger partial charge in [-0.15, -0.1) is 0 Å². The number of nitrogens with one attached hydrogen (secondary N) is 1. The zero-order valence-electron chi connectivity index (χ0n) is 14.5. The smallest absolute Gasteiger partial charge is 0.255 e. The standard InChI is InChI=1S/C20H22N4O/c1-3-11-24-14-17(13-22-24)20(25)23-19(18-9-4-5-10-21-18)16-8-6-7-15(2)12-16/h4-10,12-14,19H,3,11H2,1-2H3,(H,23,25). The van der Waals surface area contributed by atoms with Gasteiger partial charge in [-0.25, -0.2) is 0 Å². The number of aromatic nitrogens is 3. The third-order valence-electron chi connectivity index (χ3n) is 3.98. The first-order chi connectivity index (χ1) is 12.2. The lowest BCUT2D eigenvalue weighted by Gasteiger charge is -2.19. The number of hydrogen-bond acceptors (Lipinski definition) is 3. The molecule has 1 atom stereocenters. The fourth-order valence-corrected chi connectivity index (χ4v) is 2.77. The Bertz CT molecular complexity index is 842. The van der Waals surface area contributed by atoms with Gasteiger partial charge in [0.15, 0.2) is 0 Å². The number of carbonyl (C=O) groups is 1. The van der Waals surface area contributed by atoms with E-state index in [4.69, 9.17) is 0 Å². The molecule has 0 bridgehead atoms. The molecule has 3 rings (SSSR count). The van der Waals surface area contributed by atoms with Crippen molar-refractivity contribution < 1.29 is 4.79 Å². The number of pyridine rings is 1. The second-order valence-corrected chi connectivity index (χ2v) is 6.07. The van der Waals surface area contributed by atoms with Crippen LogP contribution in [0.2, 0.25) is 0 Å². The van der Waals surface area contributed by atoms with Crippen LogP contribution in [0.1, 0.15) is 46.6 Å². The molecule has 128 valence electrons. The van der Waals surface area contributed by atoms with Crippen molar-refractivity contribution in [2.24, 2.45) is 0 Å². The number of benzene rings is 1. The summed E-state index contributed by atoms with van der Waals surface area (Å²) in [4.78, 5) is 17.1. The average Bonchev–Trinajstić information content (AvgIpc) is 3.09. The molecule has 25 heavy (non-hydrogen) atoms. The van der Waals surface area contributed by atoms with Crippen molar-refractivity contribution in [2.75, 3.05) is 0 Å². The number of nitrogens with zero attached hydrogens (tertiary/aromatic N) is 3. The highest BCUT2D eigenvalue weighted by Crippen LogP contribution is 2.21. The fraction of sp³-hybridized carbons (Fsp3) is 0.250. The molecule has 0 fully saturated rings. The summed E-state index contributed by atoms with van der Waals surface area (Å²) in [6.45, 7) is 4.92. The van der Waals surface area contributed by atoms with E-state index in [1.165, 1.54) is 0 Å². The van der Waals surface area contributed by atoms with Gasteiger partial charge in [-0.1, -0.05) is 42.8 Å². The Hall–Kier alpha value is -2.95. The third kappa shape index (κ3) is 4.12. The zero-order valence-corrected chi connectivity index (χ0v) is 14.5. The molecule has 0 spiro atoms. The first-order valence-electron chi connectivity index (χ1n) is 8.48. The Morgan fingerprint density at radius 2 is 2.12 bits per heavy atom. The summed E-state index contributed by atoms with van der Waals surface area (Å²) in [6.07, 6.45) is 6.10. The second kappa shape index (κ2) is 7.75. The monoisotopic (exact) mass is 334 g/mol. The van der Waals surface area contributed by atoms with E-state index in [1.54, 1.807) is 23.3 Å². The maximum Gasteiger partial charge on any atom is 0.255 e. The Morgan fingerprint density at radius 3 is 2.84 bits per heavy atom. The summed E-state index contributed by atoms with van der Waals surface area (Å²) in [5.74, 6) is -0.153. The highest BCUT2D eigenvalue weighted by Gasteiger charge is 2.20. The summed E-state index contributed by atoms with van der Waals surface area (Å²) in [5.41, 5.74) is 3.51. The van der Waals surface area contributed by atoms with Gasteiger partial charge in [-0.2, -0.15) is 5.10 Å². The van der Waals surface area contributed by atoms with E-state index in [2.05, 4.69) is 28.4 Å². The molecule has 1 N–H and O–H groups in total. The van der Waals surface area contributed by atoms with Gasteiger partial charge in [0, 0.05) is 18.9 Å². The number of carbonyl (C=O) groups excluding carboxylic acids is 1. The fourth-order valence-electron chi connectivity index (χ4n) is 2.77. The first kappa shape index (κ1) is 16.9. The van der Waals surface area contributed by atoms with Crippen LogP contribution >= 0.6 is 0 Å². The highest BCUT2D eigenvalue weighted by molar-refractivity contribution is 5.94. The average molecular weight is 334 g/mol. The van der Waals surface area contributed by atoms with Crippen LogP contribution in [0.3, 0.4) is 0 Å². The lowest BCUT2D eigenvalue weighted by atomic mass is 10.0. The van der Waals surface area contributed by atoms with Gasteiger partial charge in [0.25, 0.3) is 5.91 Å². The van der Waals surface area contributed by atoms with E-state index in [0.29, 0.717) is 5.56 Å². The predicted molar refractivity (Wildman–Crippen MR) is 97.2 cm³/mol. The van der Waals surface area contributed by atoms with E-state index in [0.717, 1.165) is 29.8 Å². The van der Waals surface area contributed by atoms with E-state index < -0.39 is 0 Å². The van der Waals surface area contributed by atoms with E-state index >= 15 is 0 Å². The number of aryl methyl sites for hydroxylation is 2. The Morgan fingerprint density at radius 1 is 1.24 bits per heavy atom. The molecular formula is C20H22N4O. The number of hydrogen-bond donors (Lipinski definition) is 1. The number of rotatable bonds is 6. The summed E-state index contributed by atoms with van der Waals surface area (Å²) in [6, 6.07) is 13.5. The summed E-state index contributed by atoms with van der Waals surface area (Å²) >= 11 is 0. The van der Waals surface area contributed by atoms with Crippen molar-refractivity contribution in [1.29, 1.82) is 0 Å². The van der Waals surface area contributed by atoms with Crippen LogP contribution in [0.5, 0.6) is 0 Å². The van der Waals surface area contributed by atoms with Crippen molar-refractivity contribution in [3.63, 3.8) is 0 Å². The van der Waals surface area contributed by atoms with Crippen LogP contribution in [0.4, 0.5) is 0 Å². The van der Waals surface area contributed by atoms with Crippen LogP contribution < -0.4 is 5.32 Å². The van der Waals surface area contributed by atoms with Crippen LogP contribution in [-0.4, -0.2) is 20.7 Å². The molecule has 1 unspecified atom stereocenters. The molecule has 1 aromatic carbocycles. The minimum absolute atomic E-state index is 0.153. The molecule has 1 amide bonds. The topological polar surface area (TPSA) is 59.8 Å². The van der Waals surface area contributed by atoms with Crippen molar-refractivity contribution in [2.45, 2.75) is 32.9 Å². The molecule has 2 aromatic heterocycles. The number of amides is 1. The van der Waals surface area contributed by atoms with Gasteiger partial charge >= 0.3 is 0 Å². The minimum atomic E-state index is -0.303. The van der Waals surface area contributed by atoms with E-state index in [-0.39, 0.29) is 11.9 Å². The van der Waals surface area contributed by atoms with Crippen molar-refractivity contribution in [3.05, 3.63) is 83.4 Å². The molecule has 0 aliphatic heterocycles. The molecule has 0 saturated carbocycles. The normalized spacial score (nSPS) is 11.9. The molecule has 2 heterocycles. The Kier molecular flexibility index (Phi) is 5.23. The van der Waals surface area contributed by atoms with Gasteiger partial charge in [0.1, 0.15) is 0 Å². The lowest BCUT2D eigenvalue weighted by molar-refractivity contribution is 0.0942. The van der Waals surface area contributed by atoms with Gasteiger partial charge in [-0.05, 0) is 31.0 Å². The first-order valence-corrected chi connectivity index (χ1v) is 8.48. The molecule has 0 radical (unpaired) electrons. The van der Waals surface area contributed by atoms with Crippen LogP contribution in [0.25, 0.3) is 0 Å². The van der Waals surface area contributed by atoms with Gasteiger partial charge in [0.2, 0.25) is 0 Å². The zero-order chi connectivity index (χ0) is 17.6. The molecule has 5 nitrogen and oxygen atoms in total. The SMILES string of the molecule is CCCn1cc(C(=O)NC(c2cccc(C)c2)c2ccccn2)cn1. The van der Waals surface area contributed by atoms with Gasteiger partial charge in [-0.3, -0.25) is 14.5 Å². The minimum Gasteiger partial charge on any atom is -0.339 e. The molecule has 0 aliphatic carbocycles. The lowest BCUT2D eigenvalue weighted by Crippen LogP contribution is -2.29. The Labute approximate surface area is 147 Å². The van der Waals surface area contributed by atoms with Crippen LogP contribution in [-0.2, 0) is 6.54 Å². The molecular weight excluding hydrogens is 312 g/mol. The summed E-state index contributed by atoms with van der Waals surface area (Å²) < 4.78 is 1.79. The molecule has 0 saturated heterocycles. The largest absolute Gasteiger partial charge is 0.339 e. The molecule has 5 heteroatoms. The quantitative estimate of drug-likeness (QED) is 0.750. The van der Waals surface area contributed by atoms with Crippen LogP contribution in [0.15, 0.2) is 61.1 Å². The van der Waals surface area contributed by atoms with E-state index in [9.17, 15) is 4.79 Å². The third-order valence-corrected chi connectivity index (χ3v) is 3.98. The maximum atomic E-state index is 12.7. The summed E-state index contributed by atoms with van der Waals surface area (Å²) in [7, 11) is 0. The molecule has 0 aliphatic rings. The van der Waals surface area contributed by atoms with Crippen LogP contribution in [0, 0.1) is 6.92 Å². The molecule has 3 aromatic rings. The van der Waals surface area contributed by atoms with Crippen molar-refractivity contribution in [1.82, 2.24) is 20.1 Å². The second-order valence-electron chi connectivity index (χ2n) is 6.07. The predicted octanol–water partition coefficient (Wildman–Crippen LogP) is 3.52. The van der Waals surface area contributed by atoms with Gasteiger partial charge in [0.05, 0.1) is 23.5 Å². The Balaban J connectivity index is 1.88. The van der Waals surface area contributed by atoms with Gasteiger partial charge < -0.3 is 5.32 Å². The van der Waals surface area contributed by atoms with E-state index in [1.807, 2.05) is 43.3 Å².